The highest BCUT2D eigenvalue weighted by atomic mass is 79.9. The van der Waals surface area contributed by atoms with Crippen LogP contribution in [-0.4, -0.2) is 23.8 Å². The molecular weight excluding hydrogens is 464 g/mol. The standard InChI is InChI=1S/C12H9Br2F6NS/c1-2-10(12(18,19)20)21-8-4-9(7(14)3-6(8)13)22-5-11(15,16)17/h3-4H,2,5H2,1H3. The zero-order chi connectivity index (χ0) is 17.1. The summed E-state index contributed by atoms with van der Waals surface area (Å²) in [5.41, 5.74) is -1.07. The number of hydrogen-bond acceptors (Lipinski definition) is 2. The number of hydrogen-bond donors (Lipinski definition) is 0. The molecule has 1 rings (SSSR count). The average Bonchev–Trinajstić information content (AvgIpc) is 2.33. The fourth-order valence-electron chi connectivity index (χ4n) is 1.36. The molecule has 1 nitrogen and oxygen atoms in total. The predicted octanol–water partition coefficient (Wildman–Crippen LogP) is 6.91. The van der Waals surface area contributed by atoms with E-state index in [0.717, 1.165) is 0 Å². The summed E-state index contributed by atoms with van der Waals surface area (Å²) in [5, 5.41) is 0. The minimum atomic E-state index is -4.58. The van der Waals surface area contributed by atoms with Gasteiger partial charge in [0.2, 0.25) is 0 Å². The molecule has 0 fully saturated rings. The van der Waals surface area contributed by atoms with E-state index >= 15 is 0 Å². The molecule has 1 aromatic rings. The Morgan fingerprint density at radius 1 is 1.09 bits per heavy atom. The van der Waals surface area contributed by atoms with E-state index in [1.165, 1.54) is 19.1 Å². The number of halogens is 8. The minimum Gasteiger partial charge on any atom is -0.247 e. The van der Waals surface area contributed by atoms with Gasteiger partial charge in [0.15, 0.2) is 0 Å². The summed E-state index contributed by atoms with van der Waals surface area (Å²) in [7, 11) is 0. The van der Waals surface area contributed by atoms with Crippen molar-refractivity contribution in [2.45, 2.75) is 30.6 Å². The molecule has 0 spiro atoms. The van der Waals surface area contributed by atoms with Gasteiger partial charge in [-0.2, -0.15) is 26.3 Å². The van der Waals surface area contributed by atoms with Crippen molar-refractivity contribution < 1.29 is 26.3 Å². The Morgan fingerprint density at radius 2 is 1.68 bits per heavy atom. The van der Waals surface area contributed by atoms with Gasteiger partial charge in [0.1, 0.15) is 5.71 Å². The van der Waals surface area contributed by atoms with Crippen molar-refractivity contribution in [3.05, 3.63) is 21.1 Å². The molecule has 10 heteroatoms. The van der Waals surface area contributed by atoms with Crippen LogP contribution in [0.2, 0.25) is 0 Å². The SMILES string of the molecule is CCC(=Nc1cc(SCC(F)(F)F)c(Br)cc1Br)C(F)(F)F. The van der Waals surface area contributed by atoms with Crippen LogP contribution in [0.3, 0.4) is 0 Å². The predicted molar refractivity (Wildman–Crippen MR) is 82.1 cm³/mol. The van der Waals surface area contributed by atoms with Crippen molar-refractivity contribution in [3.8, 4) is 0 Å². The summed E-state index contributed by atoms with van der Waals surface area (Å²) in [6.07, 6.45) is -9.29. The third kappa shape index (κ3) is 6.11. The van der Waals surface area contributed by atoms with Crippen molar-refractivity contribution in [3.63, 3.8) is 0 Å². The second-order valence-corrected chi connectivity index (χ2v) is 6.77. The van der Waals surface area contributed by atoms with E-state index in [1.807, 2.05) is 0 Å². The van der Waals surface area contributed by atoms with Gasteiger partial charge in [-0.25, -0.2) is 4.99 Å². The molecule has 0 aliphatic heterocycles. The van der Waals surface area contributed by atoms with Crippen LogP contribution in [0, 0.1) is 0 Å². The molecule has 1 aromatic carbocycles. The van der Waals surface area contributed by atoms with E-state index in [4.69, 9.17) is 0 Å². The number of alkyl halides is 6. The summed E-state index contributed by atoms with van der Waals surface area (Å²) in [6, 6.07) is 2.56. The van der Waals surface area contributed by atoms with E-state index in [-0.39, 0.29) is 21.5 Å². The molecule has 0 N–H and O–H groups in total. The molecule has 22 heavy (non-hydrogen) atoms. The first-order valence-electron chi connectivity index (χ1n) is 5.77. The van der Waals surface area contributed by atoms with Gasteiger partial charge < -0.3 is 0 Å². The van der Waals surface area contributed by atoms with Gasteiger partial charge in [0.25, 0.3) is 0 Å². The van der Waals surface area contributed by atoms with Crippen molar-refractivity contribution in [1.82, 2.24) is 0 Å². The van der Waals surface area contributed by atoms with Crippen LogP contribution >= 0.6 is 43.6 Å². The number of thioether (sulfide) groups is 1. The zero-order valence-electron chi connectivity index (χ0n) is 10.9. The first-order valence-corrected chi connectivity index (χ1v) is 8.34. The average molecular weight is 473 g/mol. The monoisotopic (exact) mass is 471 g/mol. The molecular formula is C12H9Br2F6NS. The van der Waals surface area contributed by atoms with Gasteiger partial charge in [-0.1, -0.05) is 6.92 Å². The lowest BCUT2D eigenvalue weighted by Crippen LogP contribution is -2.21. The Balaban J connectivity index is 3.19. The topological polar surface area (TPSA) is 12.4 Å². The lowest BCUT2D eigenvalue weighted by Gasteiger charge is -2.12. The van der Waals surface area contributed by atoms with Crippen LogP contribution in [0.5, 0.6) is 0 Å². The van der Waals surface area contributed by atoms with E-state index < -0.39 is 23.8 Å². The van der Waals surface area contributed by atoms with Crippen LogP contribution in [0.25, 0.3) is 0 Å². The molecule has 0 aromatic heterocycles. The third-order valence-electron chi connectivity index (χ3n) is 2.31. The highest BCUT2D eigenvalue weighted by Gasteiger charge is 2.34. The van der Waals surface area contributed by atoms with Crippen LogP contribution in [0.1, 0.15) is 13.3 Å². The summed E-state index contributed by atoms with van der Waals surface area (Å²) in [6.45, 7) is 1.30. The summed E-state index contributed by atoms with van der Waals surface area (Å²) >= 11 is 6.62. The molecule has 0 aliphatic rings. The van der Waals surface area contributed by atoms with E-state index in [2.05, 4.69) is 36.9 Å². The lowest BCUT2D eigenvalue weighted by molar-refractivity contribution is -0.105. The minimum absolute atomic E-state index is 0.0675. The van der Waals surface area contributed by atoms with Gasteiger partial charge >= 0.3 is 12.4 Å². The van der Waals surface area contributed by atoms with Crippen molar-refractivity contribution >= 4 is 55.0 Å². The molecule has 0 saturated carbocycles. The fraction of sp³-hybridized carbons (Fsp3) is 0.417. The van der Waals surface area contributed by atoms with E-state index in [1.54, 1.807) is 0 Å². The summed E-state index contributed by atoms with van der Waals surface area (Å²) in [4.78, 5) is 3.69. The third-order valence-corrected chi connectivity index (χ3v) is 4.98. The number of aliphatic imine (C=N–C) groups is 1. The zero-order valence-corrected chi connectivity index (χ0v) is 14.9. The maximum atomic E-state index is 12.7. The highest BCUT2D eigenvalue weighted by molar-refractivity contribution is 9.11. The molecule has 0 heterocycles. The Bertz CT molecular complexity index is 568. The molecule has 0 radical (unpaired) electrons. The first kappa shape index (κ1) is 19.8. The maximum Gasteiger partial charge on any atom is 0.429 e. The Hall–Kier alpha value is -0.220. The molecule has 0 unspecified atom stereocenters. The Kier molecular flexibility index (Phi) is 6.82. The van der Waals surface area contributed by atoms with Crippen molar-refractivity contribution in [2.75, 3.05) is 5.75 Å². The van der Waals surface area contributed by atoms with Gasteiger partial charge in [-0.3, -0.25) is 0 Å². The summed E-state index contributed by atoms with van der Waals surface area (Å²) < 4.78 is 75.5. The normalized spacial score (nSPS) is 13.6. The highest BCUT2D eigenvalue weighted by Crippen LogP contribution is 2.39. The quantitative estimate of drug-likeness (QED) is 0.263. The second kappa shape index (κ2) is 7.57. The number of rotatable bonds is 4. The Morgan fingerprint density at radius 3 is 2.14 bits per heavy atom. The van der Waals surface area contributed by atoms with Gasteiger partial charge in [0.05, 0.1) is 11.4 Å². The maximum absolute atomic E-state index is 12.7. The van der Waals surface area contributed by atoms with E-state index in [0.29, 0.717) is 16.2 Å². The van der Waals surface area contributed by atoms with Crippen LogP contribution in [0.4, 0.5) is 32.0 Å². The Labute approximate surface area is 143 Å². The molecule has 0 atom stereocenters. The van der Waals surface area contributed by atoms with Crippen molar-refractivity contribution in [1.29, 1.82) is 0 Å². The van der Waals surface area contributed by atoms with Crippen LogP contribution < -0.4 is 0 Å². The van der Waals surface area contributed by atoms with Crippen molar-refractivity contribution in [2.24, 2.45) is 4.99 Å². The smallest absolute Gasteiger partial charge is 0.247 e. The van der Waals surface area contributed by atoms with Gasteiger partial charge in [-0.05, 0) is 50.4 Å². The fourth-order valence-corrected chi connectivity index (χ4v) is 3.50. The first-order chi connectivity index (χ1) is 9.94. The lowest BCUT2D eigenvalue weighted by atomic mass is 10.2. The molecule has 0 amide bonds. The van der Waals surface area contributed by atoms with Gasteiger partial charge in [0, 0.05) is 13.8 Å². The number of benzene rings is 1. The summed E-state index contributed by atoms with van der Waals surface area (Å²) in [5.74, 6) is -1.14. The van der Waals surface area contributed by atoms with Gasteiger partial charge in [-0.15, -0.1) is 11.8 Å². The van der Waals surface area contributed by atoms with Crippen LogP contribution in [-0.2, 0) is 0 Å². The van der Waals surface area contributed by atoms with Crippen LogP contribution in [0.15, 0.2) is 31.0 Å². The molecule has 0 aliphatic carbocycles. The largest absolute Gasteiger partial charge is 0.429 e. The number of nitrogens with zero attached hydrogens (tertiary/aromatic N) is 1. The molecule has 0 saturated heterocycles. The molecule has 124 valence electrons. The van der Waals surface area contributed by atoms with E-state index in [9.17, 15) is 26.3 Å². The molecule has 0 bridgehead atoms. The second-order valence-electron chi connectivity index (χ2n) is 4.05.